The fourth-order valence-corrected chi connectivity index (χ4v) is 3.37. The molecule has 5 nitrogen and oxygen atoms in total. The zero-order valence-corrected chi connectivity index (χ0v) is 11.5. The van der Waals surface area contributed by atoms with Crippen molar-refractivity contribution in [1.82, 2.24) is 14.8 Å². The van der Waals surface area contributed by atoms with Gasteiger partial charge in [0.05, 0.1) is 20.3 Å². The largest absolute Gasteiger partial charge is 0.497 e. The van der Waals surface area contributed by atoms with E-state index in [1.54, 1.807) is 31.5 Å². The Kier molecular flexibility index (Phi) is 3.44. The van der Waals surface area contributed by atoms with Crippen molar-refractivity contribution in [2.75, 3.05) is 19.5 Å². The molecule has 1 atom stereocenters. The molecular formula is C13H15N3O2S. The summed E-state index contributed by atoms with van der Waals surface area (Å²) in [7, 11) is 1.67. The molecule has 0 spiro atoms. The molecule has 0 aliphatic carbocycles. The molecule has 0 saturated carbocycles. The zero-order valence-electron chi connectivity index (χ0n) is 10.7. The molecule has 0 amide bonds. The molecule has 0 bridgehead atoms. The van der Waals surface area contributed by atoms with E-state index in [9.17, 15) is 0 Å². The lowest BCUT2D eigenvalue weighted by Crippen LogP contribution is -2.28. The third kappa shape index (κ3) is 2.46. The molecule has 19 heavy (non-hydrogen) atoms. The summed E-state index contributed by atoms with van der Waals surface area (Å²) in [5, 5.41) is 4.17. The molecule has 2 heterocycles. The number of rotatable bonds is 4. The highest BCUT2D eigenvalue weighted by Gasteiger charge is 2.38. The molecule has 1 unspecified atom stereocenters. The summed E-state index contributed by atoms with van der Waals surface area (Å²) in [6, 6.07) is 8.02. The lowest BCUT2D eigenvalue weighted by atomic mass is 10.1. The van der Waals surface area contributed by atoms with Crippen LogP contribution < -0.4 is 4.74 Å². The third-order valence-corrected chi connectivity index (χ3v) is 4.44. The summed E-state index contributed by atoms with van der Waals surface area (Å²) in [5.74, 6) is 1.84. The first-order valence-electron chi connectivity index (χ1n) is 6.07. The minimum absolute atomic E-state index is 0.375. The van der Waals surface area contributed by atoms with E-state index in [0.717, 1.165) is 23.7 Å². The topological polar surface area (TPSA) is 49.2 Å². The predicted molar refractivity (Wildman–Crippen MR) is 73.1 cm³/mol. The fourth-order valence-electron chi connectivity index (χ4n) is 2.18. The lowest BCUT2D eigenvalue weighted by Gasteiger charge is -2.27. The first-order chi connectivity index (χ1) is 9.32. The summed E-state index contributed by atoms with van der Waals surface area (Å²) >= 11 is 1.80. The molecule has 3 rings (SSSR count). The summed E-state index contributed by atoms with van der Waals surface area (Å²) in [6.45, 7) is 1.41. The molecule has 1 aromatic heterocycles. The van der Waals surface area contributed by atoms with E-state index in [4.69, 9.17) is 9.47 Å². The standard InChI is InChI=1S/C13H15N3O2S/c1-17-12-4-2-11(3-5-12)13(18-6-7-19-13)8-16-10-14-9-15-16/h2-5,9-10H,6-8H2,1H3. The van der Waals surface area contributed by atoms with E-state index < -0.39 is 0 Å². The van der Waals surface area contributed by atoms with Gasteiger partial charge in [-0.1, -0.05) is 12.1 Å². The average molecular weight is 277 g/mol. The van der Waals surface area contributed by atoms with E-state index in [-0.39, 0.29) is 4.93 Å². The van der Waals surface area contributed by atoms with Crippen LogP contribution in [0.3, 0.4) is 0 Å². The number of thioether (sulfide) groups is 1. The van der Waals surface area contributed by atoms with Gasteiger partial charge in [-0.2, -0.15) is 5.10 Å². The van der Waals surface area contributed by atoms with E-state index in [0.29, 0.717) is 6.54 Å². The average Bonchev–Trinajstić information content (AvgIpc) is 3.12. The van der Waals surface area contributed by atoms with Crippen LogP contribution in [0, 0.1) is 0 Å². The zero-order chi connectivity index (χ0) is 13.1. The lowest BCUT2D eigenvalue weighted by molar-refractivity contribution is 0.0330. The minimum Gasteiger partial charge on any atom is -0.497 e. The van der Waals surface area contributed by atoms with E-state index in [1.165, 1.54) is 0 Å². The Bertz CT molecular complexity index is 521. The second kappa shape index (κ2) is 5.22. The summed E-state index contributed by atoms with van der Waals surface area (Å²) in [5.41, 5.74) is 1.13. The second-order valence-electron chi connectivity index (χ2n) is 4.27. The van der Waals surface area contributed by atoms with Crippen LogP contribution in [0.4, 0.5) is 0 Å². The van der Waals surface area contributed by atoms with Crippen LogP contribution >= 0.6 is 11.8 Å². The quantitative estimate of drug-likeness (QED) is 0.854. The Balaban J connectivity index is 1.90. The van der Waals surface area contributed by atoms with E-state index in [2.05, 4.69) is 10.1 Å². The van der Waals surface area contributed by atoms with Crippen LogP contribution in [-0.4, -0.2) is 34.2 Å². The Morgan fingerprint density at radius 3 is 2.84 bits per heavy atom. The van der Waals surface area contributed by atoms with Gasteiger partial charge in [0.25, 0.3) is 0 Å². The molecule has 2 aromatic rings. The third-order valence-electron chi connectivity index (χ3n) is 3.12. The van der Waals surface area contributed by atoms with Crippen LogP contribution in [0.15, 0.2) is 36.9 Å². The van der Waals surface area contributed by atoms with Crippen molar-refractivity contribution < 1.29 is 9.47 Å². The van der Waals surface area contributed by atoms with Gasteiger partial charge < -0.3 is 9.47 Å². The van der Waals surface area contributed by atoms with Gasteiger partial charge in [0.2, 0.25) is 0 Å². The fraction of sp³-hybridized carbons (Fsp3) is 0.385. The maximum atomic E-state index is 6.01. The van der Waals surface area contributed by atoms with Gasteiger partial charge in [-0.25, -0.2) is 9.67 Å². The highest BCUT2D eigenvalue weighted by atomic mass is 32.2. The highest BCUT2D eigenvalue weighted by Crippen LogP contribution is 2.43. The number of hydrogen-bond acceptors (Lipinski definition) is 5. The monoisotopic (exact) mass is 277 g/mol. The van der Waals surface area contributed by atoms with Crippen LogP contribution in [0.2, 0.25) is 0 Å². The van der Waals surface area contributed by atoms with Crippen molar-refractivity contribution in [3.8, 4) is 5.75 Å². The molecule has 100 valence electrons. The number of methoxy groups -OCH3 is 1. The maximum Gasteiger partial charge on any atom is 0.158 e. The first kappa shape index (κ1) is 12.5. The Morgan fingerprint density at radius 1 is 1.42 bits per heavy atom. The summed E-state index contributed by atoms with van der Waals surface area (Å²) in [4.78, 5) is 3.61. The Morgan fingerprint density at radius 2 is 2.26 bits per heavy atom. The molecule has 1 aliphatic rings. The van der Waals surface area contributed by atoms with Crippen molar-refractivity contribution in [1.29, 1.82) is 0 Å². The van der Waals surface area contributed by atoms with Gasteiger partial charge in [0.1, 0.15) is 18.4 Å². The number of ether oxygens (including phenoxy) is 2. The summed E-state index contributed by atoms with van der Waals surface area (Å²) in [6.07, 6.45) is 3.26. The SMILES string of the molecule is COc1ccc(C2(Cn3cncn3)OCCS2)cc1. The minimum atomic E-state index is -0.375. The molecule has 1 fully saturated rings. The maximum absolute atomic E-state index is 6.01. The molecule has 6 heteroatoms. The van der Waals surface area contributed by atoms with Crippen LogP contribution in [0.25, 0.3) is 0 Å². The van der Waals surface area contributed by atoms with Gasteiger partial charge in [-0.05, 0) is 17.7 Å². The van der Waals surface area contributed by atoms with Gasteiger partial charge in [-0.15, -0.1) is 11.8 Å². The van der Waals surface area contributed by atoms with Gasteiger partial charge in [-0.3, -0.25) is 0 Å². The number of aromatic nitrogens is 3. The Hall–Kier alpha value is -1.53. The van der Waals surface area contributed by atoms with Crippen molar-refractivity contribution in [3.05, 3.63) is 42.5 Å². The second-order valence-corrected chi connectivity index (χ2v) is 5.63. The Labute approximate surface area is 115 Å². The smallest absolute Gasteiger partial charge is 0.158 e. The molecule has 1 saturated heterocycles. The highest BCUT2D eigenvalue weighted by molar-refractivity contribution is 8.00. The number of hydrogen-bond donors (Lipinski definition) is 0. The van der Waals surface area contributed by atoms with Gasteiger partial charge >= 0.3 is 0 Å². The molecule has 0 radical (unpaired) electrons. The van der Waals surface area contributed by atoms with Crippen LogP contribution in [0.1, 0.15) is 5.56 Å². The van der Waals surface area contributed by atoms with Gasteiger partial charge in [0.15, 0.2) is 4.93 Å². The number of nitrogens with zero attached hydrogens (tertiary/aromatic N) is 3. The molecule has 1 aliphatic heterocycles. The van der Waals surface area contributed by atoms with E-state index in [1.807, 2.05) is 28.9 Å². The van der Waals surface area contributed by atoms with Crippen molar-refractivity contribution in [2.24, 2.45) is 0 Å². The molecule has 0 N–H and O–H groups in total. The van der Waals surface area contributed by atoms with Crippen molar-refractivity contribution in [3.63, 3.8) is 0 Å². The number of benzene rings is 1. The molecule has 1 aromatic carbocycles. The van der Waals surface area contributed by atoms with E-state index >= 15 is 0 Å². The predicted octanol–water partition coefficient (Wildman–Crippen LogP) is 1.90. The first-order valence-corrected chi connectivity index (χ1v) is 7.06. The van der Waals surface area contributed by atoms with Gasteiger partial charge in [0, 0.05) is 5.75 Å². The van der Waals surface area contributed by atoms with Crippen molar-refractivity contribution in [2.45, 2.75) is 11.5 Å². The van der Waals surface area contributed by atoms with Crippen molar-refractivity contribution >= 4 is 11.8 Å². The van der Waals surface area contributed by atoms with Crippen LogP contribution in [-0.2, 0) is 16.2 Å². The summed E-state index contributed by atoms with van der Waals surface area (Å²) < 4.78 is 13.0. The van der Waals surface area contributed by atoms with Crippen LogP contribution in [0.5, 0.6) is 5.75 Å². The normalized spacial score (nSPS) is 22.6. The molecular weight excluding hydrogens is 262 g/mol.